The van der Waals surface area contributed by atoms with Crippen LogP contribution in [-0.2, 0) is 0 Å². The molecule has 4 nitrogen and oxygen atoms in total. The molecule has 0 fully saturated rings. The van der Waals surface area contributed by atoms with Gasteiger partial charge in [-0.05, 0) is 29.8 Å². The molecule has 0 amide bonds. The van der Waals surface area contributed by atoms with E-state index >= 15 is 0 Å². The van der Waals surface area contributed by atoms with Crippen LogP contribution in [0.15, 0.2) is 30.3 Å². The van der Waals surface area contributed by atoms with Crippen molar-refractivity contribution in [2.24, 2.45) is 0 Å². The van der Waals surface area contributed by atoms with Gasteiger partial charge >= 0.3 is 5.97 Å². The number of aromatic carboxylic acids is 1. The summed E-state index contributed by atoms with van der Waals surface area (Å²) >= 11 is 0. The minimum Gasteiger partial charge on any atom is -0.493 e. The number of carboxylic acids is 1. The topological polar surface area (TPSA) is 55.8 Å². The summed E-state index contributed by atoms with van der Waals surface area (Å²) in [5.41, 5.74) is 0.535. The fraction of sp³-hybridized carbons (Fsp3) is 0.133. The molecule has 2 aromatic carbocycles. The largest absolute Gasteiger partial charge is 0.493 e. The van der Waals surface area contributed by atoms with Gasteiger partial charge in [-0.25, -0.2) is 13.6 Å². The van der Waals surface area contributed by atoms with Crippen LogP contribution in [0.2, 0.25) is 0 Å². The van der Waals surface area contributed by atoms with E-state index in [1.54, 1.807) is 0 Å². The summed E-state index contributed by atoms with van der Waals surface area (Å²) in [6.45, 7) is 0. The molecule has 0 heterocycles. The summed E-state index contributed by atoms with van der Waals surface area (Å²) in [6, 6.07) is 5.88. The van der Waals surface area contributed by atoms with Gasteiger partial charge in [0.2, 0.25) is 0 Å². The predicted molar refractivity (Wildman–Crippen MR) is 71.9 cm³/mol. The molecule has 110 valence electrons. The first-order chi connectivity index (χ1) is 9.97. The van der Waals surface area contributed by atoms with Crippen molar-refractivity contribution < 1.29 is 28.2 Å². The maximum absolute atomic E-state index is 13.4. The van der Waals surface area contributed by atoms with Crippen molar-refractivity contribution in [2.75, 3.05) is 14.2 Å². The quantitative estimate of drug-likeness (QED) is 0.939. The Kier molecular flexibility index (Phi) is 4.07. The Bertz CT molecular complexity index is 698. The minimum atomic E-state index is -1.17. The van der Waals surface area contributed by atoms with Crippen molar-refractivity contribution in [3.8, 4) is 22.6 Å². The Hall–Kier alpha value is -2.63. The highest BCUT2D eigenvalue weighted by Gasteiger charge is 2.18. The molecule has 21 heavy (non-hydrogen) atoms. The summed E-state index contributed by atoms with van der Waals surface area (Å²) in [7, 11) is 2.74. The van der Waals surface area contributed by atoms with Gasteiger partial charge < -0.3 is 14.6 Å². The van der Waals surface area contributed by atoms with Gasteiger partial charge in [-0.15, -0.1) is 0 Å². The lowest BCUT2D eigenvalue weighted by molar-refractivity contribution is 0.0696. The Labute approximate surface area is 119 Å². The monoisotopic (exact) mass is 294 g/mol. The number of methoxy groups -OCH3 is 2. The molecule has 2 rings (SSSR count). The van der Waals surface area contributed by atoms with Crippen LogP contribution in [-0.4, -0.2) is 25.3 Å². The van der Waals surface area contributed by atoms with Crippen molar-refractivity contribution in [3.05, 3.63) is 47.5 Å². The average Bonchev–Trinajstić information content (AvgIpc) is 2.48. The van der Waals surface area contributed by atoms with Gasteiger partial charge in [-0.2, -0.15) is 0 Å². The zero-order valence-electron chi connectivity index (χ0n) is 11.3. The molecule has 0 aliphatic rings. The SMILES string of the molecule is COc1cc(C(=O)O)cc(-c2ccc(F)c(F)c2)c1OC. The van der Waals surface area contributed by atoms with Gasteiger partial charge in [0, 0.05) is 5.56 Å². The van der Waals surface area contributed by atoms with Crippen LogP contribution in [0.25, 0.3) is 11.1 Å². The van der Waals surface area contributed by atoms with E-state index in [9.17, 15) is 13.6 Å². The number of carboxylic acid groups (broad SMARTS) is 1. The maximum Gasteiger partial charge on any atom is 0.335 e. The van der Waals surface area contributed by atoms with Crippen molar-refractivity contribution in [1.82, 2.24) is 0 Å². The zero-order valence-corrected chi connectivity index (χ0v) is 11.3. The van der Waals surface area contributed by atoms with E-state index in [1.165, 1.54) is 32.4 Å². The molecule has 0 unspecified atom stereocenters. The summed E-state index contributed by atoms with van der Waals surface area (Å²) < 4.78 is 36.7. The lowest BCUT2D eigenvalue weighted by Crippen LogP contribution is -2.01. The first-order valence-electron chi connectivity index (χ1n) is 5.92. The summed E-state index contributed by atoms with van der Waals surface area (Å²) in [5.74, 6) is -2.75. The third-order valence-electron chi connectivity index (χ3n) is 2.96. The molecule has 0 aliphatic heterocycles. The predicted octanol–water partition coefficient (Wildman–Crippen LogP) is 3.35. The molecule has 1 N–H and O–H groups in total. The van der Waals surface area contributed by atoms with E-state index in [1.807, 2.05) is 0 Å². The summed E-state index contributed by atoms with van der Waals surface area (Å²) in [4.78, 5) is 11.1. The fourth-order valence-electron chi connectivity index (χ4n) is 1.97. The lowest BCUT2D eigenvalue weighted by atomic mass is 10.0. The van der Waals surface area contributed by atoms with Crippen LogP contribution < -0.4 is 9.47 Å². The third-order valence-corrected chi connectivity index (χ3v) is 2.96. The Morgan fingerprint density at radius 2 is 1.76 bits per heavy atom. The van der Waals surface area contributed by atoms with Crippen LogP contribution in [0.4, 0.5) is 8.78 Å². The Morgan fingerprint density at radius 3 is 2.29 bits per heavy atom. The highest BCUT2D eigenvalue weighted by molar-refractivity contribution is 5.92. The number of hydrogen-bond acceptors (Lipinski definition) is 3. The van der Waals surface area contributed by atoms with Crippen molar-refractivity contribution >= 4 is 5.97 Å². The average molecular weight is 294 g/mol. The molecular formula is C15H12F2O4. The molecule has 2 aromatic rings. The molecule has 0 aromatic heterocycles. The number of ether oxygens (including phenoxy) is 2. The van der Waals surface area contributed by atoms with E-state index in [4.69, 9.17) is 14.6 Å². The van der Waals surface area contributed by atoms with Crippen LogP contribution in [0, 0.1) is 11.6 Å². The second kappa shape index (κ2) is 5.78. The number of halogens is 2. The minimum absolute atomic E-state index is 0.0487. The van der Waals surface area contributed by atoms with E-state index in [-0.39, 0.29) is 22.6 Å². The van der Waals surface area contributed by atoms with E-state index in [0.717, 1.165) is 12.1 Å². The lowest BCUT2D eigenvalue weighted by Gasteiger charge is -2.14. The summed E-state index contributed by atoms with van der Waals surface area (Å²) in [5, 5.41) is 9.11. The molecule has 0 saturated carbocycles. The Balaban J connectivity index is 2.72. The number of rotatable bonds is 4. The van der Waals surface area contributed by atoms with Gasteiger partial charge in [0.05, 0.1) is 19.8 Å². The molecule has 0 radical (unpaired) electrons. The highest BCUT2D eigenvalue weighted by Crippen LogP contribution is 2.39. The number of hydrogen-bond donors (Lipinski definition) is 1. The van der Waals surface area contributed by atoms with Crippen molar-refractivity contribution in [2.45, 2.75) is 0 Å². The zero-order chi connectivity index (χ0) is 15.6. The molecule has 0 spiro atoms. The van der Waals surface area contributed by atoms with Gasteiger partial charge in [0.25, 0.3) is 0 Å². The highest BCUT2D eigenvalue weighted by atomic mass is 19.2. The number of benzene rings is 2. The van der Waals surface area contributed by atoms with Crippen LogP contribution in [0.1, 0.15) is 10.4 Å². The van der Waals surface area contributed by atoms with Crippen LogP contribution >= 0.6 is 0 Å². The van der Waals surface area contributed by atoms with Gasteiger partial charge in [-0.3, -0.25) is 0 Å². The number of carbonyl (C=O) groups is 1. The normalized spacial score (nSPS) is 10.3. The van der Waals surface area contributed by atoms with Gasteiger partial charge in [0.15, 0.2) is 23.1 Å². The molecule has 6 heteroatoms. The van der Waals surface area contributed by atoms with Gasteiger partial charge in [0.1, 0.15) is 0 Å². The second-order valence-electron chi connectivity index (χ2n) is 4.19. The van der Waals surface area contributed by atoms with Gasteiger partial charge in [-0.1, -0.05) is 6.07 Å². The smallest absolute Gasteiger partial charge is 0.335 e. The first kappa shape index (κ1) is 14.8. The molecule has 0 bridgehead atoms. The molecule has 0 aliphatic carbocycles. The van der Waals surface area contributed by atoms with Crippen molar-refractivity contribution in [1.29, 1.82) is 0 Å². The van der Waals surface area contributed by atoms with E-state index in [2.05, 4.69) is 0 Å². The van der Waals surface area contributed by atoms with Crippen LogP contribution in [0.3, 0.4) is 0 Å². The third kappa shape index (κ3) is 2.79. The van der Waals surface area contributed by atoms with Crippen molar-refractivity contribution in [3.63, 3.8) is 0 Å². The standard InChI is InChI=1S/C15H12F2O4/c1-20-13-7-9(15(18)19)5-10(14(13)21-2)8-3-4-11(16)12(17)6-8/h3-7H,1-2H3,(H,18,19). The first-order valence-corrected chi connectivity index (χ1v) is 5.92. The van der Waals surface area contributed by atoms with E-state index in [0.29, 0.717) is 5.56 Å². The molecule has 0 atom stereocenters. The fourth-order valence-corrected chi connectivity index (χ4v) is 1.97. The maximum atomic E-state index is 13.4. The second-order valence-corrected chi connectivity index (χ2v) is 4.19. The Morgan fingerprint density at radius 1 is 1.05 bits per heavy atom. The molecule has 0 saturated heterocycles. The summed E-state index contributed by atoms with van der Waals surface area (Å²) in [6.07, 6.45) is 0. The molecular weight excluding hydrogens is 282 g/mol. The van der Waals surface area contributed by atoms with Crippen LogP contribution in [0.5, 0.6) is 11.5 Å². The van der Waals surface area contributed by atoms with E-state index < -0.39 is 17.6 Å².